The van der Waals surface area contributed by atoms with Gasteiger partial charge in [0.2, 0.25) is 0 Å². The molecule has 1 aromatic rings. The quantitative estimate of drug-likeness (QED) is 0.570. The van der Waals surface area contributed by atoms with E-state index in [-0.39, 0.29) is 5.69 Å². The molecule has 78 valence electrons. The Morgan fingerprint density at radius 2 is 2.43 bits per heavy atom. The Labute approximate surface area is 81.3 Å². The van der Waals surface area contributed by atoms with Crippen molar-refractivity contribution in [1.82, 2.24) is 9.78 Å². The normalized spacial score (nSPS) is 12.8. The highest BCUT2D eigenvalue weighted by atomic mass is 16.6. The van der Waals surface area contributed by atoms with E-state index in [4.69, 9.17) is 5.11 Å². The van der Waals surface area contributed by atoms with Gasteiger partial charge in [0.05, 0.1) is 11.0 Å². The molecule has 1 N–H and O–H groups in total. The first-order valence-corrected chi connectivity index (χ1v) is 4.35. The Morgan fingerprint density at radius 1 is 1.79 bits per heavy atom. The molecular formula is C8H13N3O3. The predicted octanol–water partition coefficient (Wildman–Crippen LogP) is 0.642. The van der Waals surface area contributed by atoms with E-state index in [1.54, 1.807) is 14.0 Å². The molecule has 1 heterocycles. The molecule has 0 saturated carbocycles. The van der Waals surface area contributed by atoms with Gasteiger partial charge in [0, 0.05) is 7.05 Å². The third kappa shape index (κ3) is 2.29. The lowest BCUT2D eigenvalue weighted by Crippen LogP contribution is -2.06. The molecular weight excluding hydrogens is 186 g/mol. The van der Waals surface area contributed by atoms with Crippen LogP contribution < -0.4 is 0 Å². The summed E-state index contributed by atoms with van der Waals surface area (Å²) in [5, 5.41) is 23.5. The average molecular weight is 199 g/mol. The summed E-state index contributed by atoms with van der Waals surface area (Å²) in [6.07, 6.45) is 1.74. The maximum absolute atomic E-state index is 10.6. The van der Waals surface area contributed by atoms with Crippen molar-refractivity contribution in [3.05, 3.63) is 22.0 Å². The molecule has 0 spiro atoms. The Bertz CT molecular complexity index is 333. The van der Waals surface area contributed by atoms with Crippen molar-refractivity contribution >= 4 is 5.69 Å². The van der Waals surface area contributed by atoms with Crippen LogP contribution >= 0.6 is 0 Å². The van der Waals surface area contributed by atoms with Crippen LogP contribution in [-0.2, 0) is 13.5 Å². The summed E-state index contributed by atoms with van der Waals surface area (Å²) in [4.78, 5) is 10.1. The van der Waals surface area contributed by atoms with Crippen LogP contribution in [0, 0.1) is 10.1 Å². The molecule has 0 fully saturated rings. The largest absolute Gasteiger partial charge is 0.393 e. The Kier molecular flexibility index (Phi) is 3.19. The fourth-order valence-corrected chi connectivity index (χ4v) is 1.24. The van der Waals surface area contributed by atoms with Crippen LogP contribution in [-0.4, -0.2) is 25.9 Å². The topological polar surface area (TPSA) is 81.2 Å². The first-order valence-electron chi connectivity index (χ1n) is 4.35. The number of rotatable bonds is 4. The molecule has 6 nitrogen and oxygen atoms in total. The molecule has 14 heavy (non-hydrogen) atoms. The van der Waals surface area contributed by atoms with Crippen LogP contribution in [0.5, 0.6) is 0 Å². The lowest BCUT2D eigenvalue weighted by atomic mass is 10.1. The van der Waals surface area contributed by atoms with Crippen molar-refractivity contribution in [1.29, 1.82) is 0 Å². The van der Waals surface area contributed by atoms with Gasteiger partial charge in [-0.1, -0.05) is 0 Å². The number of aliphatic hydroxyl groups is 1. The molecule has 0 aliphatic heterocycles. The molecule has 0 bridgehead atoms. The lowest BCUT2D eigenvalue weighted by molar-refractivity contribution is -0.385. The van der Waals surface area contributed by atoms with Crippen molar-refractivity contribution in [2.75, 3.05) is 0 Å². The van der Waals surface area contributed by atoms with Crippen molar-refractivity contribution in [3.63, 3.8) is 0 Å². The second-order valence-electron chi connectivity index (χ2n) is 3.24. The number of aliphatic hydroxyl groups excluding tert-OH is 1. The summed E-state index contributed by atoms with van der Waals surface area (Å²) in [5.74, 6) is 0. The fourth-order valence-electron chi connectivity index (χ4n) is 1.24. The van der Waals surface area contributed by atoms with E-state index in [0.717, 1.165) is 0 Å². The number of aromatic nitrogens is 2. The first kappa shape index (κ1) is 10.6. The minimum atomic E-state index is -0.454. The SMILES string of the molecule is CC(O)CCc1c([N+](=O)[O-])cnn1C. The number of nitro groups is 1. The van der Waals surface area contributed by atoms with Gasteiger partial charge in [-0.2, -0.15) is 5.10 Å². The molecule has 1 unspecified atom stereocenters. The highest BCUT2D eigenvalue weighted by Gasteiger charge is 2.18. The predicted molar refractivity (Wildman–Crippen MR) is 49.9 cm³/mol. The van der Waals surface area contributed by atoms with Gasteiger partial charge in [-0.3, -0.25) is 14.8 Å². The third-order valence-corrected chi connectivity index (χ3v) is 2.04. The monoisotopic (exact) mass is 199 g/mol. The average Bonchev–Trinajstić information content (AvgIpc) is 2.43. The molecule has 1 aromatic heterocycles. The van der Waals surface area contributed by atoms with E-state index >= 15 is 0 Å². The summed E-state index contributed by atoms with van der Waals surface area (Å²) in [7, 11) is 1.66. The number of hydrogen-bond donors (Lipinski definition) is 1. The number of nitrogens with zero attached hydrogens (tertiary/aromatic N) is 3. The zero-order valence-corrected chi connectivity index (χ0v) is 8.17. The third-order valence-electron chi connectivity index (χ3n) is 2.04. The van der Waals surface area contributed by atoms with E-state index < -0.39 is 11.0 Å². The Morgan fingerprint density at radius 3 is 2.93 bits per heavy atom. The van der Waals surface area contributed by atoms with Crippen LogP contribution in [0.15, 0.2) is 6.20 Å². The maximum Gasteiger partial charge on any atom is 0.310 e. The lowest BCUT2D eigenvalue weighted by Gasteiger charge is -2.03. The molecule has 0 saturated heterocycles. The van der Waals surface area contributed by atoms with Crippen molar-refractivity contribution in [2.24, 2.45) is 7.05 Å². The van der Waals surface area contributed by atoms with Gasteiger partial charge in [-0.25, -0.2) is 0 Å². The summed E-state index contributed by atoms with van der Waals surface area (Å²) >= 11 is 0. The fraction of sp³-hybridized carbons (Fsp3) is 0.625. The van der Waals surface area contributed by atoms with Crippen LogP contribution in [0.1, 0.15) is 19.0 Å². The summed E-state index contributed by atoms with van der Waals surface area (Å²) in [5.41, 5.74) is 0.573. The van der Waals surface area contributed by atoms with Crippen LogP contribution in [0.2, 0.25) is 0 Å². The highest BCUT2D eigenvalue weighted by molar-refractivity contribution is 5.32. The number of hydrogen-bond acceptors (Lipinski definition) is 4. The van der Waals surface area contributed by atoms with Crippen molar-refractivity contribution in [3.8, 4) is 0 Å². The minimum absolute atomic E-state index is 0.0214. The van der Waals surface area contributed by atoms with Gasteiger partial charge in [0.1, 0.15) is 11.9 Å². The van der Waals surface area contributed by atoms with Gasteiger partial charge in [0.15, 0.2) is 0 Å². The van der Waals surface area contributed by atoms with E-state index in [0.29, 0.717) is 18.5 Å². The summed E-state index contributed by atoms with van der Waals surface area (Å²) in [6, 6.07) is 0. The van der Waals surface area contributed by atoms with Crippen molar-refractivity contribution < 1.29 is 10.0 Å². The maximum atomic E-state index is 10.6. The molecule has 0 amide bonds. The second kappa shape index (κ2) is 4.19. The molecule has 6 heteroatoms. The zero-order chi connectivity index (χ0) is 10.7. The van der Waals surface area contributed by atoms with Gasteiger partial charge >= 0.3 is 5.69 Å². The number of aryl methyl sites for hydroxylation is 1. The minimum Gasteiger partial charge on any atom is -0.393 e. The Hall–Kier alpha value is -1.43. The molecule has 0 radical (unpaired) electrons. The highest BCUT2D eigenvalue weighted by Crippen LogP contribution is 2.18. The second-order valence-corrected chi connectivity index (χ2v) is 3.24. The molecule has 1 atom stereocenters. The van der Waals surface area contributed by atoms with Crippen LogP contribution in [0.25, 0.3) is 0 Å². The van der Waals surface area contributed by atoms with Crippen LogP contribution in [0.3, 0.4) is 0 Å². The molecule has 0 aliphatic carbocycles. The van der Waals surface area contributed by atoms with Crippen molar-refractivity contribution in [2.45, 2.75) is 25.9 Å². The molecule has 0 aromatic carbocycles. The first-order chi connectivity index (χ1) is 6.52. The van der Waals surface area contributed by atoms with E-state index in [1.807, 2.05) is 0 Å². The summed E-state index contributed by atoms with van der Waals surface area (Å²) in [6.45, 7) is 1.65. The van der Waals surface area contributed by atoms with Gasteiger partial charge < -0.3 is 5.11 Å². The smallest absolute Gasteiger partial charge is 0.310 e. The van der Waals surface area contributed by atoms with E-state index in [2.05, 4.69) is 5.10 Å². The zero-order valence-electron chi connectivity index (χ0n) is 8.17. The molecule has 1 rings (SSSR count). The van der Waals surface area contributed by atoms with Gasteiger partial charge in [0.25, 0.3) is 0 Å². The standard InChI is InChI=1S/C8H13N3O3/c1-6(12)3-4-7-8(11(13)14)5-9-10(7)2/h5-6,12H,3-4H2,1-2H3. The van der Waals surface area contributed by atoms with Crippen LogP contribution in [0.4, 0.5) is 5.69 Å². The van der Waals surface area contributed by atoms with Gasteiger partial charge in [-0.15, -0.1) is 0 Å². The summed E-state index contributed by atoms with van der Waals surface area (Å²) < 4.78 is 1.47. The Balaban J connectivity index is 2.83. The van der Waals surface area contributed by atoms with Gasteiger partial charge in [-0.05, 0) is 19.8 Å². The molecule has 0 aliphatic rings. The van der Waals surface area contributed by atoms with E-state index in [9.17, 15) is 10.1 Å². The van der Waals surface area contributed by atoms with E-state index in [1.165, 1.54) is 10.9 Å².